The van der Waals surface area contributed by atoms with E-state index in [0.717, 1.165) is 23.1 Å². The summed E-state index contributed by atoms with van der Waals surface area (Å²) in [5.74, 6) is 0.710. The molecule has 0 aliphatic carbocycles. The molecule has 3 aromatic rings. The monoisotopic (exact) mass is 398 g/mol. The van der Waals surface area contributed by atoms with Gasteiger partial charge in [0.25, 0.3) is 0 Å². The van der Waals surface area contributed by atoms with Gasteiger partial charge in [-0.3, -0.25) is 4.79 Å². The third-order valence-electron chi connectivity index (χ3n) is 4.42. The van der Waals surface area contributed by atoms with Crippen molar-refractivity contribution >= 4 is 28.6 Å². The highest BCUT2D eigenvalue weighted by Gasteiger charge is 2.17. The molecule has 0 bridgehead atoms. The lowest BCUT2D eigenvalue weighted by molar-refractivity contribution is -0.144. The Morgan fingerprint density at radius 2 is 1.89 bits per heavy atom. The summed E-state index contributed by atoms with van der Waals surface area (Å²) in [5, 5.41) is 0.429. The van der Waals surface area contributed by atoms with Crippen LogP contribution in [-0.2, 0) is 22.6 Å². The first-order valence-electron chi connectivity index (χ1n) is 9.06. The summed E-state index contributed by atoms with van der Waals surface area (Å²) in [6, 6.07) is 11.1. The van der Waals surface area contributed by atoms with Crippen LogP contribution in [0.5, 0.6) is 11.5 Å². The standard InChI is InChI=1S/C21H19ClN2O4/c1-13-18(24-17-6-3-2-5-16(17)23-13)12-28-20(25)11-14-9-15(22)21-19(10-14)26-7-4-8-27-21/h2-3,5-6,9-10H,4,7-8,11-12H2,1H3. The van der Waals surface area contributed by atoms with Crippen LogP contribution in [0.4, 0.5) is 0 Å². The number of fused-ring (bicyclic) bond motifs is 2. The third-order valence-corrected chi connectivity index (χ3v) is 4.70. The van der Waals surface area contributed by atoms with Crippen molar-refractivity contribution in [1.82, 2.24) is 9.97 Å². The van der Waals surface area contributed by atoms with Crippen LogP contribution in [0.25, 0.3) is 11.0 Å². The fourth-order valence-corrected chi connectivity index (χ4v) is 3.30. The number of aromatic nitrogens is 2. The summed E-state index contributed by atoms with van der Waals surface area (Å²) in [5.41, 5.74) is 3.68. The van der Waals surface area contributed by atoms with Gasteiger partial charge in [0.2, 0.25) is 0 Å². The van der Waals surface area contributed by atoms with Crippen LogP contribution >= 0.6 is 11.6 Å². The van der Waals surface area contributed by atoms with E-state index in [9.17, 15) is 4.79 Å². The highest BCUT2D eigenvalue weighted by Crippen LogP contribution is 2.38. The fraction of sp³-hybridized carbons (Fsp3) is 0.286. The highest BCUT2D eigenvalue weighted by molar-refractivity contribution is 6.32. The first-order valence-corrected chi connectivity index (χ1v) is 9.44. The Morgan fingerprint density at radius 1 is 1.14 bits per heavy atom. The van der Waals surface area contributed by atoms with Gasteiger partial charge < -0.3 is 14.2 Å². The number of benzene rings is 2. The molecular weight excluding hydrogens is 380 g/mol. The number of nitrogens with zero attached hydrogens (tertiary/aromatic N) is 2. The van der Waals surface area contributed by atoms with Crippen LogP contribution in [0.1, 0.15) is 23.4 Å². The molecule has 0 spiro atoms. The quantitative estimate of drug-likeness (QED) is 0.618. The van der Waals surface area contributed by atoms with Crippen molar-refractivity contribution in [3.8, 4) is 11.5 Å². The molecule has 0 radical (unpaired) electrons. The summed E-state index contributed by atoms with van der Waals surface area (Å²) in [6.45, 7) is 3.03. The average Bonchev–Trinajstić information content (AvgIpc) is 2.92. The number of esters is 1. The Bertz CT molecular complexity index is 1040. The lowest BCUT2D eigenvalue weighted by Crippen LogP contribution is -2.10. The Hall–Kier alpha value is -2.86. The number of carbonyl (C=O) groups excluding carboxylic acids is 1. The Kier molecular flexibility index (Phi) is 5.30. The lowest BCUT2D eigenvalue weighted by Gasteiger charge is -2.12. The third kappa shape index (κ3) is 4.02. The molecule has 0 saturated carbocycles. The van der Waals surface area contributed by atoms with Gasteiger partial charge in [-0.25, -0.2) is 9.97 Å². The molecule has 1 aromatic heterocycles. The van der Waals surface area contributed by atoms with Crippen molar-refractivity contribution < 1.29 is 19.0 Å². The molecule has 144 valence electrons. The van der Waals surface area contributed by atoms with Gasteiger partial charge >= 0.3 is 5.97 Å². The van der Waals surface area contributed by atoms with E-state index in [1.165, 1.54) is 0 Å². The van der Waals surface area contributed by atoms with Crippen molar-refractivity contribution in [3.05, 3.63) is 58.4 Å². The van der Waals surface area contributed by atoms with Crippen LogP contribution in [0.3, 0.4) is 0 Å². The fourth-order valence-electron chi connectivity index (χ4n) is 3.01. The van der Waals surface area contributed by atoms with E-state index in [1.807, 2.05) is 31.2 Å². The first kappa shape index (κ1) is 18.5. The number of hydrogen-bond acceptors (Lipinski definition) is 6. The zero-order valence-corrected chi connectivity index (χ0v) is 16.2. The van der Waals surface area contributed by atoms with E-state index >= 15 is 0 Å². The van der Waals surface area contributed by atoms with E-state index in [2.05, 4.69) is 9.97 Å². The predicted molar refractivity (Wildman–Crippen MR) is 105 cm³/mol. The molecule has 0 fully saturated rings. The van der Waals surface area contributed by atoms with Crippen LogP contribution in [0, 0.1) is 6.92 Å². The predicted octanol–water partition coefficient (Wildman–Crippen LogP) is 4.04. The molecule has 2 heterocycles. The zero-order chi connectivity index (χ0) is 19.5. The number of aryl methyl sites for hydroxylation is 1. The van der Waals surface area contributed by atoms with E-state index in [0.29, 0.717) is 41.0 Å². The number of carbonyl (C=O) groups is 1. The van der Waals surface area contributed by atoms with Gasteiger partial charge in [-0.05, 0) is 36.8 Å². The Morgan fingerprint density at radius 3 is 2.71 bits per heavy atom. The van der Waals surface area contributed by atoms with Gasteiger partial charge in [-0.2, -0.15) is 0 Å². The molecular formula is C21H19ClN2O4. The Balaban J connectivity index is 1.44. The summed E-state index contributed by atoms with van der Waals surface area (Å²) in [6.07, 6.45) is 0.866. The van der Waals surface area contributed by atoms with E-state index < -0.39 is 0 Å². The maximum Gasteiger partial charge on any atom is 0.310 e. The second kappa shape index (κ2) is 8.02. The highest BCUT2D eigenvalue weighted by atomic mass is 35.5. The number of halogens is 1. The smallest absolute Gasteiger partial charge is 0.310 e. The van der Waals surface area contributed by atoms with Crippen LogP contribution in [-0.4, -0.2) is 29.2 Å². The average molecular weight is 399 g/mol. The molecule has 28 heavy (non-hydrogen) atoms. The van der Waals surface area contributed by atoms with Crippen molar-refractivity contribution in [2.24, 2.45) is 0 Å². The van der Waals surface area contributed by atoms with Gasteiger partial charge in [0.15, 0.2) is 11.5 Å². The van der Waals surface area contributed by atoms with Crippen LogP contribution in [0.2, 0.25) is 5.02 Å². The molecule has 0 N–H and O–H groups in total. The summed E-state index contributed by atoms with van der Waals surface area (Å²) < 4.78 is 16.7. The largest absolute Gasteiger partial charge is 0.489 e. The van der Waals surface area contributed by atoms with E-state index in [4.69, 9.17) is 25.8 Å². The summed E-state index contributed by atoms with van der Waals surface area (Å²) >= 11 is 6.28. The number of hydrogen-bond donors (Lipinski definition) is 0. The second-order valence-corrected chi connectivity index (χ2v) is 6.94. The lowest BCUT2D eigenvalue weighted by atomic mass is 10.1. The molecule has 7 heteroatoms. The first-order chi connectivity index (χ1) is 13.6. The zero-order valence-electron chi connectivity index (χ0n) is 15.4. The van der Waals surface area contributed by atoms with Crippen molar-refractivity contribution in [2.75, 3.05) is 13.2 Å². The molecule has 0 saturated heterocycles. The molecule has 0 atom stereocenters. The van der Waals surface area contributed by atoms with E-state index in [-0.39, 0.29) is 19.0 Å². The number of ether oxygens (including phenoxy) is 3. The van der Waals surface area contributed by atoms with Crippen LogP contribution < -0.4 is 9.47 Å². The van der Waals surface area contributed by atoms with Crippen molar-refractivity contribution in [3.63, 3.8) is 0 Å². The van der Waals surface area contributed by atoms with Gasteiger partial charge in [0.05, 0.1) is 47.1 Å². The number of para-hydroxylation sites is 2. The molecule has 1 aliphatic heterocycles. The molecule has 2 aromatic carbocycles. The number of rotatable bonds is 4. The molecule has 1 aliphatic rings. The second-order valence-electron chi connectivity index (χ2n) is 6.54. The molecule has 0 amide bonds. The Labute approximate surface area is 167 Å². The van der Waals surface area contributed by atoms with Gasteiger partial charge in [-0.1, -0.05) is 23.7 Å². The van der Waals surface area contributed by atoms with Gasteiger partial charge in [-0.15, -0.1) is 0 Å². The van der Waals surface area contributed by atoms with Crippen LogP contribution in [0.15, 0.2) is 36.4 Å². The van der Waals surface area contributed by atoms with Gasteiger partial charge in [0.1, 0.15) is 6.61 Å². The topological polar surface area (TPSA) is 70.5 Å². The van der Waals surface area contributed by atoms with Crippen molar-refractivity contribution in [1.29, 1.82) is 0 Å². The normalized spacial score (nSPS) is 13.2. The van der Waals surface area contributed by atoms with E-state index in [1.54, 1.807) is 12.1 Å². The van der Waals surface area contributed by atoms with Gasteiger partial charge in [0, 0.05) is 6.42 Å². The SMILES string of the molecule is Cc1nc2ccccc2nc1COC(=O)Cc1cc(Cl)c2c(c1)OCCCO2. The summed E-state index contributed by atoms with van der Waals surface area (Å²) in [7, 11) is 0. The minimum Gasteiger partial charge on any atom is -0.489 e. The summed E-state index contributed by atoms with van der Waals surface area (Å²) in [4.78, 5) is 21.4. The minimum absolute atomic E-state index is 0.0702. The molecule has 6 nitrogen and oxygen atoms in total. The maximum atomic E-state index is 12.3. The van der Waals surface area contributed by atoms with Crippen molar-refractivity contribution in [2.45, 2.75) is 26.4 Å². The molecule has 4 rings (SSSR count). The maximum absolute atomic E-state index is 12.3. The minimum atomic E-state index is -0.375. The molecule has 0 unspecified atom stereocenters.